The molecule has 0 radical (unpaired) electrons. The highest BCUT2D eigenvalue weighted by atomic mass is 35.5. The molecule has 0 bridgehead atoms. The fraction of sp³-hybridized carbons (Fsp3) is 0.375. The third-order valence-electron chi connectivity index (χ3n) is 6.50. The van der Waals surface area contributed by atoms with E-state index >= 15 is 0 Å². The van der Waals surface area contributed by atoms with Crippen molar-refractivity contribution in [1.29, 1.82) is 0 Å². The number of carbonyl (C=O) groups excluding carboxylic acids is 1. The van der Waals surface area contributed by atoms with E-state index in [0.29, 0.717) is 29.8 Å². The van der Waals surface area contributed by atoms with Crippen molar-refractivity contribution in [2.75, 3.05) is 18.4 Å². The number of fused-ring (bicyclic) bond motifs is 1. The zero-order chi connectivity index (χ0) is 24.7. The zero-order valence-corrected chi connectivity index (χ0v) is 20.7. The lowest BCUT2D eigenvalue weighted by Gasteiger charge is -2.33. The van der Waals surface area contributed by atoms with E-state index in [1.807, 2.05) is 47.8 Å². The lowest BCUT2D eigenvalue weighted by atomic mass is 10.0. The van der Waals surface area contributed by atoms with Crippen molar-refractivity contribution in [3.63, 3.8) is 0 Å². The predicted octanol–water partition coefficient (Wildman–Crippen LogP) is 3.51. The lowest BCUT2D eigenvalue weighted by Crippen LogP contribution is -2.46. The average Bonchev–Trinajstić information content (AvgIpc) is 3.41. The number of amides is 1. The first kappa shape index (κ1) is 23.3. The van der Waals surface area contributed by atoms with Gasteiger partial charge in [-0.25, -0.2) is 14.5 Å². The molecule has 0 aromatic carbocycles. The first-order valence-electron chi connectivity index (χ1n) is 11.7. The smallest absolute Gasteiger partial charge is 0.239 e. The maximum Gasteiger partial charge on any atom is 0.239 e. The van der Waals surface area contributed by atoms with Gasteiger partial charge in [0.1, 0.15) is 0 Å². The summed E-state index contributed by atoms with van der Waals surface area (Å²) in [5.74, 6) is 0.434. The van der Waals surface area contributed by atoms with Crippen LogP contribution in [-0.2, 0) is 4.79 Å². The summed E-state index contributed by atoms with van der Waals surface area (Å²) in [6.45, 7) is 7.07. The second-order valence-corrected chi connectivity index (χ2v) is 9.35. The van der Waals surface area contributed by atoms with Crippen LogP contribution in [0.3, 0.4) is 0 Å². The highest BCUT2D eigenvalue weighted by Crippen LogP contribution is 2.32. The Morgan fingerprint density at radius 3 is 2.74 bits per heavy atom. The number of rotatable bonds is 5. The summed E-state index contributed by atoms with van der Waals surface area (Å²) in [7, 11) is 0. The van der Waals surface area contributed by atoms with E-state index in [9.17, 15) is 4.79 Å². The number of anilines is 2. The summed E-state index contributed by atoms with van der Waals surface area (Å²) < 4.78 is 3.83. The van der Waals surface area contributed by atoms with Gasteiger partial charge in [-0.15, -0.1) is 0 Å². The Bertz CT molecular complexity index is 1390. The van der Waals surface area contributed by atoms with Crippen molar-refractivity contribution in [2.45, 2.75) is 45.7 Å². The number of nitrogens with two attached hydrogens (primary N) is 1. The van der Waals surface area contributed by atoms with Gasteiger partial charge in [0, 0.05) is 24.8 Å². The quantitative estimate of drug-likeness (QED) is 0.436. The monoisotopic (exact) mass is 493 g/mol. The van der Waals surface area contributed by atoms with Crippen LogP contribution >= 0.6 is 11.6 Å². The molecular formula is C24H28ClN9O. The predicted molar refractivity (Wildman–Crippen MR) is 135 cm³/mol. The summed E-state index contributed by atoms with van der Waals surface area (Å²) in [6.07, 6.45) is 6.89. The first-order valence-corrected chi connectivity index (χ1v) is 12.0. The molecule has 35 heavy (non-hydrogen) atoms. The number of piperidine rings is 1. The lowest BCUT2D eigenvalue weighted by molar-refractivity contribution is -0.133. The van der Waals surface area contributed by atoms with Gasteiger partial charge in [-0.05, 0) is 45.7 Å². The van der Waals surface area contributed by atoms with Crippen LogP contribution in [-0.4, -0.2) is 59.3 Å². The van der Waals surface area contributed by atoms with Crippen molar-refractivity contribution >= 4 is 34.7 Å². The molecule has 0 unspecified atom stereocenters. The maximum atomic E-state index is 12.2. The normalized spacial score (nSPS) is 15.5. The molecule has 4 aromatic heterocycles. The van der Waals surface area contributed by atoms with Crippen LogP contribution in [0.1, 0.15) is 37.2 Å². The van der Waals surface area contributed by atoms with Crippen molar-refractivity contribution in [3.05, 3.63) is 53.2 Å². The molecule has 0 spiro atoms. The highest BCUT2D eigenvalue weighted by molar-refractivity contribution is 6.33. The van der Waals surface area contributed by atoms with E-state index < -0.39 is 6.04 Å². The fourth-order valence-electron chi connectivity index (χ4n) is 4.66. The Labute approximate surface area is 208 Å². The summed E-state index contributed by atoms with van der Waals surface area (Å²) in [6, 6.07) is 5.58. The van der Waals surface area contributed by atoms with Gasteiger partial charge in [-0.3, -0.25) is 9.48 Å². The van der Waals surface area contributed by atoms with Crippen LogP contribution in [0, 0.1) is 13.8 Å². The number of hydrogen-bond donors (Lipinski definition) is 2. The number of hydrogen-bond acceptors (Lipinski definition) is 7. The summed E-state index contributed by atoms with van der Waals surface area (Å²) in [5, 5.41) is 13.0. The number of aromatic nitrogens is 6. The molecule has 182 valence electrons. The topological polar surface area (TPSA) is 119 Å². The van der Waals surface area contributed by atoms with Crippen LogP contribution < -0.4 is 11.1 Å². The fourth-order valence-corrected chi connectivity index (χ4v) is 4.86. The third-order valence-corrected chi connectivity index (χ3v) is 6.78. The second kappa shape index (κ2) is 9.27. The number of carbonyl (C=O) groups is 1. The molecule has 1 aliphatic rings. The van der Waals surface area contributed by atoms with E-state index in [-0.39, 0.29) is 11.9 Å². The minimum Gasteiger partial charge on any atom is -0.341 e. The largest absolute Gasteiger partial charge is 0.341 e. The Hall–Kier alpha value is -3.50. The number of halogens is 1. The van der Waals surface area contributed by atoms with Gasteiger partial charge in [-0.2, -0.15) is 10.2 Å². The molecule has 5 heterocycles. The summed E-state index contributed by atoms with van der Waals surface area (Å²) in [4.78, 5) is 23.2. The molecule has 1 aliphatic heterocycles. The molecule has 1 amide bonds. The van der Waals surface area contributed by atoms with Gasteiger partial charge >= 0.3 is 0 Å². The van der Waals surface area contributed by atoms with Gasteiger partial charge in [0.25, 0.3) is 0 Å². The van der Waals surface area contributed by atoms with E-state index in [1.54, 1.807) is 23.8 Å². The molecule has 11 heteroatoms. The average molecular weight is 494 g/mol. The number of aryl methyl sites for hydroxylation is 1. The highest BCUT2D eigenvalue weighted by Gasteiger charge is 2.28. The summed E-state index contributed by atoms with van der Waals surface area (Å²) >= 11 is 6.47. The molecular weight excluding hydrogens is 466 g/mol. The van der Waals surface area contributed by atoms with Gasteiger partial charge in [0.2, 0.25) is 11.9 Å². The molecule has 1 saturated heterocycles. The maximum absolute atomic E-state index is 12.2. The Kier molecular flexibility index (Phi) is 6.16. The molecule has 1 fully saturated rings. The molecule has 1 atom stereocenters. The number of pyridine rings is 1. The van der Waals surface area contributed by atoms with Crippen LogP contribution in [0.15, 0.2) is 36.8 Å². The van der Waals surface area contributed by atoms with Gasteiger partial charge < -0.3 is 16.0 Å². The number of nitrogens with zero attached hydrogens (tertiary/aromatic N) is 7. The summed E-state index contributed by atoms with van der Waals surface area (Å²) in [5.41, 5.74) is 10.8. The first-order chi connectivity index (χ1) is 16.8. The van der Waals surface area contributed by atoms with Gasteiger partial charge in [0.15, 0.2) is 0 Å². The van der Waals surface area contributed by atoms with E-state index in [4.69, 9.17) is 27.4 Å². The van der Waals surface area contributed by atoms with Crippen molar-refractivity contribution in [2.24, 2.45) is 5.73 Å². The SMILES string of the molecule is Cc1nn(C2CCN(C(=O)[C@H](C)N)CC2)c(C)c1Nc1ncc(Cl)c(-c2cnn3ccccc23)n1. The van der Waals surface area contributed by atoms with Crippen LogP contribution in [0.4, 0.5) is 11.6 Å². The van der Waals surface area contributed by atoms with E-state index in [1.165, 1.54) is 0 Å². The Balaban J connectivity index is 1.38. The van der Waals surface area contributed by atoms with Crippen LogP contribution in [0.2, 0.25) is 5.02 Å². The number of likely N-dealkylation sites (tertiary alicyclic amines) is 1. The van der Waals surface area contributed by atoms with E-state index in [2.05, 4.69) is 15.4 Å². The molecule has 4 aromatic rings. The van der Waals surface area contributed by atoms with E-state index in [0.717, 1.165) is 41.0 Å². The molecule has 5 rings (SSSR count). The molecule has 10 nitrogen and oxygen atoms in total. The molecule has 0 saturated carbocycles. The zero-order valence-electron chi connectivity index (χ0n) is 19.9. The standard InChI is InChI=1S/C24H28ClN9O/c1-14(26)23(35)32-10-7-17(8-11-32)34-16(3)21(15(2)31-34)29-24-27-13-19(25)22(30-24)18-12-28-33-9-5-4-6-20(18)33/h4-6,9,12-14,17H,7-8,10-11,26H2,1-3H3,(H,27,29,30)/t14-/m0/s1. The Morgan fingerprint density at radius 1 is 1.23 bits per heavy atom. The van der Waals surface area contributed by atoms with Crippen molar-refractivity contribution < 1.29 is 4.79 Å². The molecule has 0 aliphatic carbocycles. The van der Waals surface area contributed by atoms with Crippen molar-refractivity contribution in [3.8, 4) is 11.3 Å². The molecule has 3 N–H and O–H groups in total. The third kappa shape index (κ3) is 4.35. The van der Waals surface area contributed by atoms with Gasteiger partial charge in [-0.1, -0.05) is 17.7 Å². The minimum absolute atomic E-state index is 0.000987. The minimum atomic E-state index is -0.471. The van der Waals surface area contributed by atoms with Crippen LogP contribution in [0.5, 0.6) is 0 Å². The van der Waals surface area contributed by atoms with Gasteiger partial charge in [0.05, 0.1) is 57.8 Å². The van der Waals surface area contributed by atoms with Crippen LogP contribution in [0.25, 0.3) is 16.8 Å². The number of nitrogens with one attached hydrogen (secondary N) is 1. The second-order valence-electron chi connectivity index (χ2n) is 8.94. The Morgan fingerprint density at radius 2 is 2.00 bits per heavy atom. The van der Waals surface area contributed by atoms with Crippen molar-refractivity contribution in [1.82, 2.24) is 34.3 Å².